The lowest BCUT2D eigenvalue weighted by molar-refractivity contribution is -0.140. The van der Waals surface area contributed by atoms with Crippen molar-refractivity contribution in [2.45, 2.75) is 57.1 Å². The Labute approximate surface area is 275 Å². The number of amides is 2. The summed E-state index contributed by atoms with van der Waals surface area (Å²) >= 11 is 12.7. The number of carbonyl (C=O) groups excluding carboxylic acids is 2. The fraction of sp³-hybridized carbons (Fsp3) is 0.257. The van der Waals surface area contributed by atoms with E-state index in [1.165, 1.54) is 17.0 Å². The quantitative estimate of drug-likeness (QED) is 0.186. The first-order valence-electron chi connectivity index (χ1n) is 14.5. The highest BCUT2D eigenvalue weighted by atomic mass is 35.5. The second-order valence-corrected chi connectivity index (χ2v) is 14.5. The standard InChI is InChI=1S/C35H37Cl2N3O4S/c1-25-30(37)19-12-20-31(25)40(45(43,44)29-17-9-6-10-18-29)24-33(41)39(23-27-15-11-16-28(36)21-27)32(34(42)38-35(2,3)4)22-26-13-7-5-8-14-26/h5-21,32H,22-24H2,1-4H3,(H,38,42)/t32-/m1/s1. The van der Waals surface area contributed by atoms with Crippen LogP contribution in [0.5, 0.6) is 0 Å². The van der Waals surface area contributed by atoms with Crippen LogP contribution in [0.1, 0.15) is 37.5 Å². The predicted molar refractivity (Wildman–Crippen MR) is 181 cm³/mol. The molecule has 4 rings (SSSR count). The molecule has 45 heavy (non-hydrogen) atoms. The first-order chi connectivity index (χ1) is 21.3. The summed E-state index contributed by atoms with van der Waals surface area (Å²) in [6.45, 7) is 6.74. The minimum absolute atomic E-state index is 0.0161. The Balaban J connectivity index is 1.84. The Bertz CT molecular complexity index is 1740. The largest absolute Gasteiger partial charge is 0.350 e. The highest BCUT2D eigenvalue weighted by Crippen LogP contribution is 2.31. The van der Waals surface area contributed by atoms with Crippen LogP contribution in [0.3, 0.4) is 0 Å². The third-order valence-corrected chi connectivity index (χ3v) is 9.55. The van der Waals surface area contributed by atoms with Gasteiger partial charge in [0.25, 0.3) is 10.0 Å². The highest BCUT2D eigenvalue weighted by Gasteiger charge is 2.36. The molecule has 0 aromatic heterocycles. The molecule has 0 heterocycles. The van der Waals surface area contributed by atoms with Crippen LogP contribution in [0, 0.1) is 6.92 Å². The van der Waals surface area contributed by atoms with Gasteiger partial charge in [0, 0.05) is 28.5 Å². The third kappa shape index (κ3) is 8.87. The van der Waals surface area contributed by atoms with Gasteiger partial charge in [-0.15, -0.1) is 0 Å². The smallest absolute Gasteiger partial charge is 0.264 e. The molecule has 0 fully saturated rings. The van der Waals surface area contributed by atoms with Crippen molar-refractivity contribution in [3.8, 4) is 0 Å². The van der Waals surface area contributed by atoms with Gasteiger partial charge in [-0.3, -0.25) is 13.9 Å². The van der Waals surface area contributed by atoms with Crippen LogP contribution < -0.4 is 9.62 Å². The van der Waals surface area contributed by atoms with Gasteiger partial charge in [0.05, 0.1) is 10.6 Å². The van der Waals surface area contributed by atoms with E-state index in [1.54, 1.807) is 61.5 Å². The second kappa shape index (κ2) is 14.5. The number of hydrogen-bond donors (Lipinski definition) is 1. The van der Waals surface area contributed by atoms with Crippen molar-refractivity contribution < 1.29 is 18.0 Å². The number of nitrogens with one attached hydrogen (secondary N) is 1. The molecule has 2 amide bonds. The Hall–Kier alpha value is -3.85. The normalized spacial score (nSPS) is 12.3. The molecule has 0 saturated heterocycles. The van der Waals surface area contributed by atoms with Crippen LogP contribution in [-0.2, 0) is 32.6 Å². The molecule has 0 spiro atoms. The monoisotopic (exact) mass is 665 g/mol. The van der Waals surface area contributed by atoms with Crippen molar-refractivity contribution in [3.63, 3.8) is 0 Å². The zero-order chi connectivity index (χ0) is 32.8. The number of halogens is 2. The number of hydrogen-bond acceptors (Lipinski definition) is 4. The van der Waals surface area contributed by atoms with Crippen molar-refractivity contribution in [1.29, 1.82) is 0 Å². The highest BCUT2D eigenvalue weighted by molar-refractivity contribution is 7.92. The first kappa shape index (κ1) is 34.0. The van der Waals surface area contributed by atoms with Crippen LogP contribution in [0.2, 0.25) is 10.0 Å². The molecular formula is C35H37Cl2N3O4S. The van der Waals surface area contributed by atoms with Crippen LogP contribution in [0.25, 0.3) is 0 Å². The molecule has 0 unspecified atom stereocenters. The van der Waals surface area contributed by atoms with E-state index in [9.17, 15) is 18.0 Å². The number of anilines is 1. The molecule has 0 aliphatic carbocycles. The maximum Gasteiger partial charge on any atom is 0.264 e. The Morgan fingerprint density at radius 3 is 2.04 bits per heavy atom. The van der Waals surface area contributed by atoms with Crippen LogP contribution in [0.15, 0.2) is 108 Å². The SMILES string of the molecule is Cc1c(Cl)cccc1N(CC(=O)N(Cc1cccc(Cl)c1)[C@H](Cc1ccccc1)C(=O)NC(C)(C)C)S(=O)(=O)c1ccccc1. The second-order valence-electron chi connectivity index (χ2n) is 11.8. The fourth-order valence-corrected chi connectivity index (χ4v) is 6.81. The van der Waals surface area contributed by atoms with Crippen LogP contribution in [-0.4, -0.2) is 43.3 Å². The van der Waals surface area contributed by atoms with Gasteiger partial charge in [-0.05, 0) is 80.8 Å². The summed E-state index contributed by atoms with van der Waals surface area (Å²) in [5.74, 6) is -0.933. The zero-order valence-corrected chi connectivity index (χ0v) is 28.0. The summed E-state index contributed by atoms with van der Waals surface area (Å²) in [4.78, 5) is 30.0. The zero-order valence-electron chi connectivity index (χ0n) is 25.7. The number of rotatable bonds is 11. The topological polar surface area (TPSA) is 86.8 Å². The van der Waals surface area contributed by atoms with Crippen LogP contribution in [0.4, 0.5) is 5.69 Å². The van der Waals surface area contributed by atoms with E-state index in [0.29, 0.717) is 21.2 Å². The average molecular weight is 667 g/mol. The van der Waals surface area contributed by atoms with Gasteiger partial charge in [-0.1, -0.05) is 89.9 Å². The number of benzene rings is 4. The van der Waals surface area contributed by atoms with E-state index in [4.69, 9.17) is 23.2 Å². The molecule has 4 aromatic carbocycles. The summed E-state index contributed by atoms with van der Waals surface area (Å²) in [6.07, 6.45) is 0.205. The van der Waals surface area contributed by atoms with Gasteiger partial charge in [-0.2, -0.15) is 0 Å². The molecule has 236 valence electrons. The predicted octanol–water partition coefficient (Wildman–Crippen LogP) is 7.05. The van der Waals surface area contributed by atoms with Crippen molar-refractivity contribution >= 4 is 50.7 Å². The minimum Gasteiger partial charge on any atom is -0.350 e. The van der Waals surface area contributed by atoms with Crippen molar-refractivity contribution in [3.05, 3.63) is 130 Å². The molecule has 1 atom stereocenters. The Kier molecular flexibility index (Phi) is 11.0. The van der Waals surface area contributed by atoms with Gasteiger partial charge < -0.3 is 10.2 Å². The third-order valence-electron chi connectivity index (χ3n) is 7.13. The Morgan fingerprint density at radius 2 is 1.42 bits per heavy atom. The molecule has 1 N–H and O–H groups in total. The number of carbonyl (C=O) groups is 2. The molecule has 0 radical (unpaired) electrons. The van der Waals surface area contributed by atoms with E-state index >= 15 is 0 Å². The van der Waals surface area contributed by atoms with Crippen molar-refractivity contribution in [2.75, 3.05) is 10.8 Å². The van der Waals surface area contributed by atoms with E-state index in [2.05, 4.69) is 5.32 Å². The van der Waals surface area contributed by atoms with Crippen molar-refractivity contribution in [1.82, 2.24) is 10.2 Å². The molecule has 0 bridgehead atoms. The number of nitrogens with zero attached hydrogens (tertiary/aromatic N) is 2. The lowest BCUT2D eigenvalue weighted by atomic mass is 10.0. The molecular weight excluding hydrogens is 629 g/mol. The van der Waals surface area contributed by atoms with Gasteiger partial charge in [-0.25, -0.2) is 8.42 Å². The first-order valence-corrected chi connectivity index (χ1v) is 16.7. The van der Waals surface area contributed by atoms with Crippen molar-refractivity contribution in [2.24, 2.45) is 0 Å². The molecule has 0 aliphatic rings. The molecule has 10 heteroatoms. The van der Waals surface area contributed by atoms with Gasteiger partial charge in [0.15, 0.2) is 0 Å². The molecule has 0 aliphatic heterocycles. The Morgan fingerprint density at radius 1 is 0.822 bits per heavy atom. The van der Waals surface area contributed by atoms with Crippen LogP contribution >= 0.6 is 23.2 Å². The molecule has 4 aromatic rings. The van der Waals surface area contributed by atoms with E-state index in [1.807, 2.05) is 57.2 Å². The summed E-state index contributed by atoms with van der Waals surface area (Å²) < 4.78 is 29.4. The minimum atomic E-state index is -4.23. The van der Waals surface area contributed by atoms with E-state index in [-0.39, 0.29) is 29.5 Å². The fourth-order valence-electron chi connectivity index (χ4n) is 4.94. The number of sulfonamides is 1. The lowest BCUT2D eigenvalue weighted by Gasteiger charge is -2.35. The summed E-state index contributed by atoms with van der Waals surface area (Å²) in [5.41, 5.74) is 1.71. The van der Waals surface area contributed by atoms with E-state index in [0.717, 1.165) is 9.87 Å². The maximum absolute atomic E-state index is 14.6. The lowest BCUT2D eigenvalue weighted by Crippen LogP contribution is -2.56. The maximum atomic E-state index is 14.6. The molecule has 0 saturated carbocycles. The van der Waals surface area contributed by atoms with Gasteiger partial charge >= 0.3 is 0 Å². The molecule has 7 nitrogen and oxygen atoms in total. The summed E-state index contributed by atoms with van der Waals surface area (Å²) in [5, 5.41) is 3.85. The average Bonchev–Trinajstić information content (AvgIpc) is 2.99. The summed E-state index contributed by atoms with van der Waals surface area (Å²) in [6, 6.07) is 28.3. The summed E-state index contributed by atoms with van der Waals surface area (Å²) in [7, 11) is -4.23. The van der Waals surface area contributed by atoms with Gasteiger partial charge in [0.1, 0.15) is 12.6 Å². The van der Waals surface area contributed by atoms with Gasteiger partial charge in [0.2, 0.25) is 11.8 Å². The van der Waals surface area contributed by atoms with E-state index < -0.39 is 34.1 Å².